The van der Waals surface area contributed by atoms with Gasteiger partial charge in [0.1, 0.15) is 0 Å². The van der Waals surface area contributed by atoms with Crippen molar-refractivity contribution in [1.29, 1.82) is 0 Å². The van der Waals surface area contributed by atoms with Crippen molar-refractivity contribution in [2.45, 2.75) is 39.8 Å². The Morgan fingerprint density at radius 2 is 2.10 bits per heavy atom. The zero-order chi connectivity index (χ0) is 27.5. The SMILES string of the molecule is CCCN(Cc1cccc(C(=O)Nc2nc3c(s2)CN(C)CC3)c1)C(=O)c1nnn(-c2nonc2NC)c1C. The van der Waals surface area contributed by atoms with Crippen LogP contribution in [0.4, 0.5) is 10.9 Å². The zero-order valence-corrected chi connectivity index (χ0v) is 23.1. The van der Waals surface area contributed by atoms with Crippen molar-refractivity contribution < 1.29 is 14.2 Å². The van der Waals surface area contributed by atoms with Crippen LogP contribution in [0, 0.1) is 6.92 Å². The number of hydrogen-bond donors (Lipinski definition) is 2. The molecule has 204 valence electrons. The number of nitrogens with one attached hydrogen (secondary N) is 2. The molecule has 2 N–H and O–H groups in total. The molecule has 0 aliphatic carbocycles. The van der Waals surface area contributed by atoms with Crippen LogP contribution < -0.4 is 10.6 Å². The van der Waals surface area contributed by atoms with Crippen LogP contribution in [0.5, 0.6) is 0 Å². The first-order valence-electron chi connectivity index (χ1n) is 12.7. The third kappa shape index (κ3) is 5.52. The molecule has 0 radical (unpaired) electrons. The van der Waals surface area contributed by atoms with Crippen LogP contribution in [-0.4, -0.2) is 79.1 Å². The van der Waals surface area contributed by atoms with Gasteiger partial charge in [0.15, 0.2) is 10.8 Å². The van der Waals surface area contributed by atoms with E-state index in [4.69, 9.17) is 4.63 Å². The Hall–Kier alpha value is -4.17. The van der Waals surface area contributed by atoms with Crippen molar-refractivity contribution in [2.24, 2.45) is 0 Å². The first-order valence-corrected chi connectivity index (χ1v) is 13.5. The van der Waals surface area contributed by atoms with Crippen molar-refractivity contribution in [3.05, 3.63) is 57.4 Å². The van der Waals surface area contributed by atoms with Gasteiger partial charge in [0.2, 0.25) is 11.6 Å². The summed E-state index contributed by atoms with van der Waals surface area (Å²) in [4.78, 5) is 36.3. The predicted molar refractivity (Wildman–Crippen MR) is 145 cm³/mol. The van der Waals surface area contributed by atoms with Crippen LogP contribution >= 0.6 is 11.3 Å². The molecule has 1 aromatic carbocycles. The van der Waals surface area contributed by atoms with E-state index < -0.39 is 0 Å². The lowest BCUT2D eigenvalue weighted by Crippen LogP contribution is -2.32. The second-order valence-electron chi connectivity index (χ2n) is 9.38. The lowest BCUT2D eigenvalue weighted by atomic mass is 10.1. The molecule has 0 saturated carbocycles. The molecule has 0 atom stereocenters. The molecule has 0 unspecified atom stereocenters. The monoisotopic (exact) mass is 550 g/mol. The molecular weight excluding hydrogens is 520 g/mol. The van der Waals surface area contributed by atoms with Gasteiger partial charge >= 0.3 is 0 Å². The number of carbonyl (C=O) groups excluding carboxylic acids is 2. The summed E-state index contributed by atoms with van der Waals surface area (Å²) < 4.78 is 6.21. The second-order valence-corrected chi connectivity index (χ2v) is 10.5. The highest BCUT2D eigenvalue weighted by Crippen LogP contribution is 2.28. The average molecular weight is 551 g/mol. The molecule has 5 rings (SSSR count). The van der Waals surface area contributed by atoms with Gasteiger partial charge in [-0.3, -0.25) is 14.9 Å². The summed E-state index contributed by atoms with van der Waals surface area (Å²) in [6, 6.07) is 7.28. The van der Waals surface area contributed by atoms with Crippen LogP contribution in [0.3, 0.4) is 0 Å². The van der Waals surface area contributed by atoms with Gasteiger partial charge in [-0.25, -0.2) is 9.61 Å². The number of fused-ring (bicyclic) bond motifs is 1. The Morgan fingerprint density at radius 3 is 2.90 bits per heavy atom. The average Bonchev–Trinajstić information content (AvgIpc) is 3.65. The zero-order valence-electron chi connectivity index (χ0n) is 22.3. The van der Waals surface area contributed by atoms with Gasteiger partial charge in [-0.05, 0) is 48.4 Å². The van der Waals surface area contributed by atoms with Gasteiger partial charge in [0, 0.05) is 50.1 Å². The van der Waals surface area contributed by atoms with Gasteiger partial charge < -0.3 is 15.1 Å². The number of benzene rings is 1. The lowest BCUT2D eigenvalue weighted by Gasteiger charge is -2.21. The Balaban J connectivity index is 1.31. The topological polar surface area (TPSA) is 147 Å². The molecule has 39 heavy (non-hydrogen) atoms. The number of rotatable bonds is 9. The summed E-state index contributed by atoms with van der Waals surface area (Å²) in [5.74, 6) is 0.199. The van der Waals surface area contributed by atoms with Crippen molar-refractivity contribution in [2.75, 3.05) is 37.8 Å². The van der Waals surface area contributed by atoms with E-state index in [1.807, 2.05) is 19.1 Å². The first-order chi connectivity index (χ1) is 18.9. The number of carbonyl (C=O) groups is 2. The predicted octanol–water partition coefficient (Wildman–Crippen LogP) is 2.75. The molecule has 0 spiro atoms. The highest BCUT2D eigenvalue weighted by atomic mass is 32.1. The molecule has 1 aliphatic heterocycles. The van der Waals surface area contributed by atoms with Crippen LogP contribution in [0.1, 0.15) is 56.0 Å². The maximum atomic E-state index is 13.5. The van der Waals surface area contributed by atoms with E-state index in [9.17, 15) is 9.59 Å². The molecule has 14 heteroatoms. The highest BCUT2D eigenvalue weighted by Gasteiger charge is 2.26. The summed E-state index contributed by atoms with van der Waals surface area (Å²) in [6.45, 7) is 6.37. The molecular formula is C25H30N10O3S. The van der Waals surface area contributed by atoms with Crippen LogP contribution in [-0.2, 0) is 19.5 Å². The van der Waals surface area contributed by atoms with Crippen molar-refractivity contribution in [1.82, 2.24) is 40.1 Å². The second kappa shape index (κ2) is 11.3. The minimum Gasteiger partial charge on any atom is -0.367 e. The number of nitrogens with zero attached hydrogens (tertiary/aromatic N) is 8. The number of anilines is 2. The van der Waals surface area contributed by atoms with Gasteiger partial charge in [-0.2, -0.15) is 4.68 Å². The number of hydrogen-bond acceptors (Lipinski definition) is 11. The minimum absolute atomic E-state index is 0.209. The number of likely N-dealkylation sites (N-methyl/N-ethyl adjacent to an activating group) is 1. The Morgan fingerprint density at radius 1 is 1.26 bits per heavy atom. The summed E-state index contributed by atoms with van der Waals surface area (Å²) in [5.41, 5.74) is 3.11. The molecule has 0 fully saturated rings. The Labute approximate surface area is 229 Å². The van der Waals surface area contributed by atoms with E-state index in [0.717, 1.165) is 37.2 Å². The van der Waals surface area contributed by atoms with Gasteiger partial charge in [0.05, 0.1) is 11.4 Å². The Kier molecular flexibility index (Phi) is 7.65. The molecule has 2 amide bonds. The fourth-order valence-electron chi connectivity index (χ4n) is 4.46. The van der Waals surface area contributed by atoms with E-state index in [-0.39, 0.29) is 17.5 Å². The molecule has 3 aromatic heterocycles. The van der Waals surface area contributed by atoms with Crippen LogP contribution in [0.25, 0.3) is 5.82 Å². The van der Waals surface area contributed by atoms with Crippen molar-refractivity contribution in [3.63, 3.8) is 0 Å². The van der Waals surface area contributed by atoms with Crippen LogP contribution in [0.15, 0.2) is 28.9 Å². The molecule has 1 aliphatic rings. The normalized spacial score (nSPS) is 13.2. The standard InChI is InChI=1S/C25H30N10O3S/c1-5-10-34(24(37)20-15(2)35(32-29-20)22-21(26-3)30-38-31-22)13-16-7-6-8-17(12-16)23(36)28-25-27-18-9-11-33(4)14-19(18)39-25/h6-8,12H,5,9-11,13-14H2,1-4H3,(H,26,30)(H,27,28,36). The molecule has 4 heterocycles. The number of thiazole rings is 1. The summed E-state index contributed by atoms with van der Waals surface area (Å²) >= 11 is 1.52. The third-order valence-corrected chi connectivity index (χ3v) is 7.49. The summed E-state index contributed by atoms with van der Waals surface area (Å²) in [6.07, 6.45) is 1.63. The van der Waals surface area contributed by atoms with E-state index in [1.54, 1.807) is 31.0 Å². The fraction of sp³-hybridized carbons (Fsp3) is 0.400. The van der Waals surface area contributed by atoms with Crippen molar-refractivity contribution >= 4 is 34.1 Å². The van der Waals surface area contributed by atoms with E-state index in [1.165, 1.54) is 20.9 Å². The van der Waals surface area contributed by atoms with E-state index in [0.29, 0.717) is 41.1 Å². The third-order valence-electron chi connectivity index (χ3n) is 6.49. The maximum Gasteiger partial charge on any atom is 0.276 e. The van der Waals surface area contributed by atoms with Gasteiger partial charge in [-0.15, -0.1) is 16.4 Å². The maximum absolute atomic E-state index is 13.5. The van der Waals surface area contributed by atoms with Gasteiger partial charge in [0.25, 0.3) is 11.8 Å². The smallest absolute Gasteiger partial charge is 0.276 e. The van der Waals surface area contributed by atoms with Gasteiger partial charge in [-0.1, -0.05) is 24.3 Å². The molecule has 0 saturated heterocycles. The minimum atomic E-state index is -0.267. The first kappa shape index (κ1) is 26.4. The lowest BCUT2D eigenvalue weighted by molar-refractivity contribution is 0.0736. The molecule has 0 bridgehead atoms. The largest absolute Gasteiger partial charge is 0.367 e. The molecule has 13 nitrogen and oxygen atoms in total. The molecule has 4 aromatic rings. The fourth-order valence-corrected chi connectivity index (χ4v) is 5.54. The highest BCUT2D eigenvalue weighted by molar-refractivity contribution is 7.15. The van der Waals surface area contributed by atoms with Crippen LogP contribution in [0.2, 0.25) is 0 Å². The van der Waals surface area contributed by atoms with E-state index >= 15 is 0 Å². The summed E-state index contributed by atoms with van der Waals surface area (Å²) in [5, 5.41) is 22.3. The number of aromatic nitrogens is 6. The summed E-state index contributed by atoms with van der Waals surface area (Å²) in [7, 11) is 3.76. The quantitative estimate of drug-likeness (QED) is 0.319. The number of amides is 2. The van der Waals surface area contributed by atoms with Crippen molar-refractivity contribution in [3.8, 4) is 5.82 Å². The van der Waals surface area contributed by atoms with E-state index in [2.05, 4.69) is 48.2 Å². The Bertz CT molecular complexity index is 1490.